The number of aromatic nitrogens is 2. The smallest absolute Gasteiger partial charge is 0.443 e. The van der Waals surface area contributed by atoms with Crippen molar-refractivity contribution in [3.8, 4) is 10.6 Å². The van der Waals surface area contributed by atoms with Crippen molar-refractivity contribution in [2.45, 2.75) is 44.3 Å². The van der Waals surface area contributed by atoms with E-state index >= 15 is 0 Å². The number of carbonyl (C=O) groups excluding carboxylic acids is 1. The van der Waals surface area contributed by atoms with Crippen molar-refractivity contribution in [3.05, 3.63) is 34.1 Å². The summed E-state index contributed by atoms with van der Waals surface area (Å²) in [6, 6.07) is -0.743. The Kier molecular flexibility index (Phi) is 6.18. The minimum atomic E-state index is -4.57. The van der Waals surface area contributed by atoms with Crippen LogP contribution in [0.4, 0.5) is 22.4 Å². The molecule has 3 atom stereocenters. The zero-order chi connectivity index (χ0) is 22.2. The zero-order valence-corrected chi connectivity index (χ0v) is 16.9. The van der Waals surface area contributed by atoms with Gasteiger partial charge < -0.3 is 10.4 Å². The minimum Gasteiger partial charge on any atom is -0.465 e. The van der Waals surface area contributed by atoms with Crippen LogP contribution in [0.1, 0.15) is 23.9 Å². The molecule has 0 radical (unpaired) electrons. The Bertz CT molecular complexity index is 971. The van der Waals surface area contributed by atoms with Gasteiger partial charge in [-0.3, -0.25) is 14.7 Å². The molecule has 13 heteroatoms. The van der Waals surface area contributed by atoms with Gasteiger partial charge in [0.2, 0.25) is 5.91 Å². The first-order valence-electron chi connectivity index (χ1n) is 8.60. The predicted octanol–water partition coefficient (Wildman–Crippen LogP) is 3.97. The summed E-state index contributed by atoms with van der Waals surface area (Å²) in [5, 5.41) is 10.9. The van der Waals surface area contributed by atoms with Gasteiger partial charge in [0.15, 0.2) is 5.01 Å². The molecule has 2 aromatic heterocycles. The second-order valence-electron chi connectivity index (χ2n) is 6.60. The first kappa shape index (κ1) is 22.2. The van der Waals surface area contributed by atoms with Crippen LogP contribution in [0.3, 0.4) is 0 Å². The first-order chi connectivity index (χ1) is 14.0. The normalized spacial score (nSPS) is 21.7. The third-order valence-electron chi connectivity index (χ3n) is 4.66. The van der Waals surface area contributed by atoms with E-state index in [0.717, 1.165) is 11.1 Å². The highest BCUT2D eigenvalue weighted by Crippen LogP contribution is 2.36. The van der Waals surface area contributed by atoms with E-state index in [1.165, 1.54) is 19.2 Å². The summed E-state index contributed by atoms with van der Waals surface area (Å²) in [6.45, 7) is 1.23. The molecule has 2 aromatic rings. The van der Waals surface area contributed by atoms with E-state index in [2.05, 4.69) is 15.3 Å². The van der Waals surface area contributed by atoms with E-state index in [4.69, 9.17) is 11.6 Å². The molecule has 1 saturated heterocycles. The van der Waals surface area contributed by atoms with Crippen molar-refractivity contribution in [2.75, 3.05) is 0 Å². The average Bonchev–Trinajstić information content (AvgIpc) is 3.26. The molecule has 7 nitrogen and oxygen atoms in total. The molecule has 162 valence electrons. The Hall–Kier alpha value is -2.47. The summed E-state index contributed by atoms with van der Waals surface area (Å²) in [5.41, 5.74) is 0.531. The molecule has 1 fully saturated rings. The van der Waals surface area contributed by atoms with Crippen LogP contribution in [0.5, 0.6) is 0 Å². The van der Waals surface area contributed by atoms with Gasteiger partial charge in [0.1, 0.15) is 12.2 Å². The van der Waals surface area contributed by atoms with E-state index in [-0.39, 0.29) is 28.6 Å². The summed E-state index contributed by atoms with van der Waals surface area (Å²) in [7, 11) is 0. The van der Waals surface area contributed by atoms with Crippen molar-refractivity contribution < 1.29 is 32.3 Å². The van der Waals surface area contributed by atoms with Crippen LogP contribution in [0.2, 0.25) is 5.02 Å². The number of thiazole rings is 1. The zero-order valence-electron chi connectivity index (χ0n) is 15.3. The molecule has 0 saturated carbocycles. The molecule has 0 bridgehead atoms. The largest absolute Gasteiger partial charge is 0.465 e. The van der Waals surface area contributed by atoms with Crippen molar-refractivity contribution >= 4 is 34.9 Å². The Morgan fingerprint density at radius 2 is 2.07 bits per heavy atom. The molecule has 1 aliphatic rings. The number of rotatable bonds is 4. The molecular formula is C17H15ClF4N4O3S. The van der Waals surface area contributed by atoms with Gasteiger partial charge in [-0.05, 0) is 18.6 Å². The maximum Gasteiger partial charge on any atom is 0.443 e. The quantitative estimate of drug-likeness (QED) is 0.665. The second-order valence-corrected chi connectivity index (χ2v) is 8.04. The highest BCUT2D eigenvalue weighted by atomic mass is 35.5. The van der Waals surface area contributed by atoms with Crippen LogP contribution in [0.15, 0.2) is 18.5 Å². The maximum absolute atomic E-state index is 13.9. The number of likely N-dealkylation sites (tertiary alicyclic amines) is 1. The Balaban J connectivity index is 1.74. The number of amides is 2. The van der Waals surface area contributed by atoms with Crippen molar-refractivity contribution in [1.29, 1.82) is 0 Å². The van der Waals surface area contributed by atoms with Gasteiger partial charge in [-0.1, -0.05) is 11.6 Å². The molecule has 0 aliphatic carbocycles. The summed E-state index contributed by atoms with van der Waals surface area (Å²) < 4.78 is 52.1. The molecule has 3 rings (SSSR count). The van der Waals surface area contributed by atoms with Gasteiger partial charge >= 0.3 is 12.3 Å². The van der Waals surface area contributed by atoms with E-state index in [1.54, 1.807) is 0 Å². The number of carboxylic acid groups (broad SMARTS) is 1. The van der Waals surface area contributed by atoms with Crippen LogP contribution in [-0.2, 0) is 17.5 Å². The highest BCUT2D eigenvalue weighted by Gasteiger charge is 2.45. The maximum atomic E-state index is 13.9. The molecule has 3 heterocycles. The van der Waals surface area contributed by atoms with Crippen LogP contribution < -0.4 is 5.32 Å². The molecule has 1 aliphatic heterocycles. The summed E-state index contributed by atoms with van der Waals surface area (Å²) in [5.74, 6) is -0.698. The van der Waals surface area contributed by atoms with Gasteiger partial charge in [-0.15, -0.1) is 11.3 Å². The van der Waals surface area contributed by atoms with Crippen molar-refractivity contribution in [2.24, 2.45) is 0 Å². The number of hydrogen-bond acceptors (Lipinski definition) is 5. The number of pyridine rings is 1. The predicted molar refractivity (Wildman–Crippen MR) is 99.8 cm³/mol. The monoisotopic (exact) mass is 466 g/mol. The van der Waals surface area contributed by atoms with Gasteiger partial charge in [-0.2, -0.15) is 13.2 Å². The lowest BCUT2D eigenvalue weighted by Crippen LogP contribution is -2.47. The SMILES string of the molecule is C[C@H]1[C@H](F)C[C@@H](C(=O)NCc2cc(-c3cnc(C(F)(F)F)s3)ncc2Cl)N1C(=O)O. The van der Waals surface area contributed by atoms with E-state index in [0.29, 0.717) is 16.9 Å². The Labute approximate surface area is 176 Å². The lowest BCUT2D eigenvalue weighted by atomic mass is 10.1. The number of nitrogens with one attached hydrogen (secondary N) is 1. The summed E-state index contributed by atoms with van der Waals surface area (Å²) in [4.78, 5) is 32.0. The lowest BCUT2D eigenvalue weighted by molar-refractivity contribution is -0.137. The van der Waals surface area contributed by atoms with E-state index in [9.17, 15) is 32.3 Å². The molecular weight excluding hydrogens is 452 g/mol. The van der Waals surface area contributed by atoms with Crippen LogP contribution >= 0.6 is 22.9 Å². The van der Waals surface area contributed by atoms with Crippen molar-refractivity contribution in [1.82, 2.24) is 20.2 Å². The number of hydrogen-bond donors (Lipinski definition) is 2. The van der Waals surface area contributed by atoms with E-state index in [1.807, 2.05) is 0 Å². The van der Waals surface area contributed by atoms with Gasteiger partial charge in [0.25, 0.3) is 0 Å². The average molecular weight is 467 g/mol. The van der Waals surface area contributed by atoms with Crippen LogP contribution in [-0.4, -0.2) is 50.2 Å². The minimum absolute atomic E-state index is 0.145. The number of carbonyl (C=O) groups is 2. The highest BCUT2D eigenvalue weighted by molar-refractivity contribution is 7.15. The number of halogens is 5. The van der Waals surface area contributed by atoms with Crippen LogP contribution in [0.25, 0.3) is 10.6 Å². The topological polar surface area (TPSA) is 95.4 Å². The second kappa shape index (κ2) is 8.34. The molecule has 0 spiro atoms. The number of alkyl halides is 4. The molecule has 2 N–H and O–H groups in total. The fraction of sp³-hybridized carbons (Fsp3) is 0.412. The summed E-state index contributed by atoms with van der Waals surface area (Å²) in [6.07, 6.45) is -5.45. The molecule has 2 amide bonds. The third-order valence-corrected chi connectivity index (χ3v) is 6.06. The summed E-state index contributed by atoms with van der Waals surface area (Å²) >= 11 is 6.47. The van der Waals surface area contributed by atoms with Gasteiger partial charge in [0.05, 0.1) is 21.6 Å². The Morgan fingerprint density at radius 3 is 2.67 bits per heavy atom. The first-order valence-corrected chi connectivity index (χ1v) is 9.79. The molecule has 0 unspecified atom stereocenters. The fourth-order valence-corrected chi connectivity index (χ4v) is 4.02. The van der Waals surface area contributed by atoms with Gasteiger partial charge in [0, 0.05) is 25.4 Å². The standard InChI is InChI=1S/C17H15ClF4N4O3S/c1-7-10(19)3-12(26(7)16(28)29)14(27)24-4-8-2-11(23-5-9(8)18)13-6-25-15(30-13)17(20,21)22/h2,5-7,10,12H,3-4H2,1H3,(H,24,27)(H,28,29)/t7-,10+,12-/m0/s1. The molecule has 0 aromatic carbocycles. The van der Waals surface area contributed by atoms with Crippen molar-refractivity contribution in [3.63, 3.8) is 0 Å². The fourth-order valence-electron chi connectivity index (χ4n) is 3.10. The molecule has 30 heavy (non-hydrogen) atoms. The lowest BCUT2D eigenvalue weighted by Gasteiger charge is -2.24. The Morgan fingerprint density at radius 1 is 1.37 bits per heavy atom. The van der Waals surface area contributed by atoms with E-state index < -0.39 is 41.4 Å². The van der Waals surface area contributed by atoms with Crippen LogP contribution in [0, 0.1) is 0 Å². The number of nitrogens with zero attached hydrogens (tertiary/aromatic N) is 3. The van der Waals surface area contributed by atoms with Gasteiger partial charge in [-0.25, -0.2) is 14.2 Å². The third kappa shape index (κ3) is 4.48.